The maximum atomic E-state index is 12.0. The lowest BCUT2D eigenvalue weighted by Gasteiger charge is -2.31. The molecule has 0 saturated heterocycles. The Labute approximate surface area is 197 Å². The van der Waals surface area contributed by atoms with E-state index in [4.69, 9.17) is 13.9 Å². The Balaban J connectivity index is 1.89. The lowest BCUT2D eigenvalue weighted by molar-refractivity contribution is -0.143. The van der Waals surface area contributed by atoms with E-state index in [0.717, 1.165) is 41.2 Å². The molecule has 1 heterocycles. The predicted molar refractivity (Wildman–Crippen MR) is 130 cm³/mol. The van der Waals surface area contributed by atoms with Gasteiger partial charge in [0.15, 0.2) is 0 Å². The second kappa shape index (κ2) is 9.76. The average molecular weight is 455 g/mol. The number of aliphatic hydroxyl groups is 1. The molecule has 0 saturated carbocycles. The van der Waals surface area contributed by atoms with Gasteiger partial charge in [0.1, 0.15) is 23.9 Å². The van der Waals surface area contributed by atoms with Crippen LogP contribution in [0.1, 0.15) is 75.7 Å². The Morgan fingerprint density at radius 3 is 2.48 bits per heavy atom. The first-order valence-corrected chi connectivity index (χ1v) is 11.9. The van der Waals surface area contributed by atoms with E-state index in [-0.39, 0.29) is 29.3 Å². The van der Waals surface area contributed by atoms with Gasteiger partial charge in [-0.2, -0.15) is 0 Å². The summed E-state index contributed by atoms with van der Waals surface area (Å²) in [6.07, 6.45) is 5.56. The largest absolute Gasteiger partial charge is 0.491 e. The number of furan rings is 1. The van der Waals surface area contributed by atoms with Gasteiger partial charge in [-0.3, -0.25) is 4.79 Å². The SMILES string of the molecule is CCC(CC)(c1ccc(OCC(O)C(C)(C)C)c(C)c1)c1cc2c(o1)C=CC(C(=O)OC)C2. The van der Waals surface area contributed by atoms with Crippen LogP contribution >= 0.6 is 0 Å². The molecule has 180 valence electrons. The fourth-order valence-electron chi connectivity index (χ4n) is 4.48. The van der Waals surface area contributed by atoms with Crippen molar-refractivity contribution in [2.75, 3.05) is 13.7 Å². The van der Waals surface area contributed by atoms with Crippen LogP contribution in [-0.4, -0.2) is 30.9 Å². The maximum Gasteiger partial charge on any atom is 0.312 e. The van der Waals surface area contributed by atoms with Crippen molar-refractivity contribution in [2.24, 2.45) is 11.3 Å². The van der Waals surface area contributed by atoms with Crippen LogP contribution in [0.25, 0.3) is 6.08 Å². The molecule has 2 unspecified atom stereocenters. The van der Waals surface area contributed by atoms with E-state index in [2.05, 4.69) is 32.0 Å². The van der Waals surface area contributed by atoms with E-state index >= 15 is 0 Å². The van der Waals surface area contributed by atoms with Gasteiger partial charge < -0.3 is 19.0 Å². The zero-order valence-electron chi connectivity index (χ0n) is 21.0. The minimum Gasteiger partial charge on any atom is -0.491 e. The molecule has 1 N–H and O–H groups in total. The first-order chi connectivity index (χ1) is 15.6. The van der Waals surface area contributed by atoms with Crippen molar-refractivity contribution in [1.29, 1.82) is 0 Å². The van der Waals surface area contributed by atoms with Crippen LogP contribution in [0.3, 0.4) is 0 Å². The van der Waals surface area contributed by atoms with Gasteiger partial charge in [0.25, 0.3) is 0 Å². The minimum atomic E-state index is -0.543. The number of aryl methyl sites for hydroxylation is 1. The first kappa shape index (κ1) is 25.1. The molecule has 0 spiro atoms. The number of hydrogen-bond donors (Lipinski definition) is 1. The fourth-order valence-corrected chi connectivity index (χ4v) is 4.48. The highest BCUT2D eigenvalue weighted by Gasteiger charge is 2.36. The molecule has 1 aromatic heterocycles. The summed E-state index contributed by atoms with van der Waals surface area (Å²) < 4.78 is 17.2. The average Bonchev–Trinajstić information content (AvgIpc) is 3.22. The minimum absolute atomic E-state index is 0.223. The van der Waals surface area contributed by atoms with E-state index in [1.165, 1.54) is 12.7 Å². The number of ether oxygens (including phenoxy) is 2. The Morgan fingerprint density at radius 1 is 1.21 bits per heavy atom. The van der Waals surface area contributed by atoms with E-state index in [1.807, 2.05) is 45.9 Å². The van der Waals surface area contributed by atoms with E-state index < -0.39 is 6.10 Å². The van der Waals surface area contributed by atoms with E-state index in [9.17, 15) is 9.90 Å². The normalized spacial score (nSPS) is 16.9. The van der Waals surface area contributed by atoms with Crippen molar-refractivity contribution in [3.05, 3.63) is 58.6 Å². The predicted octanol–water partition coefficient (Wildman–Crippen LogP) is 5.84. The van der Waals surface area contributed by atoms with Crippen molar-refractivity contribution < 1.29 is 23.8 Å². The topological polar surface area (TPSA) is 68.9 Å². The summed E-state index contributed by atoms with van der Waals surface area (Å²) in [6.45, 7) is 12.7. The van der Waals surface area contributed by atoms with Gasteiger partial charge in [-0.25, -0.2) is 0 Å². The number of carbonyl (C=O) groups excluding carboxylic acids is 1. The summed E-state index contributed by atoms with van der Waals surface area (Å²) >= 11 is 0. The quantitative estimate of drug-likeness (QED) is 0.508. The molecule has 0 aliphatic heterocycles. The van der Waals surface area contributed by atoms with Crippen LogP contribution in [0, 0.1) is 18.3 Å². The summed E-state index contributed by atoms with van der Waals surface area (Å²) in [6, 6.07) is 8.38. The molecule has 5 heteroatoms. The highest BCUT2D eigenvalue weighted by Crippen LogP contribution is 2.43. The molecule has 0 radical (unpaired) electrons. The maximum absolute atomic E-state index is 12.0. The zero-order chi connectivity index (χ0) is 24.4. The summed E-state index contributed by atoms with van der Waals surface area (Å²) in [5.41, 5.74) is 2.74. The molecule has 33 heavy (non-hydrogen) atoms. The first-order valence-electron chi connectivity index (χ1n) is 11.9. The van der Waals surface area contributed by atoms with Crippen LogP contribution in [0.4, 0.5) is 0 Å². The van der Waals surface area contributed by atoms with E-state index in [0.29, 0.717) is 6.42 Å². The lowest BCUT2D eigenvalue weighted by Crippen LogP contribution is -2.32. The summed E-state index contributed by atoms with van der Waals surface area (Å²) in [5, 5.41) is 10.3. The fraction of sp³-hybridized carbons (Fsp3) is 0.536. The van der Waals surface area contributed by atoms with Crippen molar-refractivity contribution in [2.45, 2.75) is 72.3 Å². The molecular formula is C28H38O5. The molecular weight excluding hydrogens is 416 g/mol. The molecule has 1 aliphatic rings. The molecule has 3 rings (SSSR count). The molecule has 0 bridgehead atoms. The number of aliphatic hydroxyl groups excluding tert-OH is 1. The molecule has 0 fully saturated rings. The highest BCUT2D eigenvalue weighted by molar-refractivity contribution is 5.77. The van der Waals surface area contributed by atoms with Gasteiger partial charge in [-0.15, -0.1) is 0 Å². The number of esters is 1. The zero-order valence-corrected chi connectivity index (χ0v) is 21.0. The molecule has 2 aromatic rings. The number of fused-ring (bicyclic) bond motifs is 1. The third-order valence-corrected chi connectivity index (χ3v) is 7.07. The smallest absolute Gasteiger partial charge is 0.312 e. The Kier molecular flexibility index (Phi) is 7.42. The monoisotopic (exact) mass is 454 g/mol. The second-order valence-corrected chi connectivity index (χ2v) is 10.2. The van der Waals surface area contributed by atoms with Crippen molar-refractivity contribution >= 4 is 12.0 Å². The van der Waals surface area contributed by atoms with E-state index in [1.54, 1.807) is 0 Å². The molecule has 0 amide bonds. The summed E-state index contributed by atoms with van der Waals surface area (Å²) in [4.78, 5) is 12.0. The van der Waals surface area contributed by atoms with Gasteiger partial charge in [0, 0.05) is 0 Å². The number of carbonyl (C=O) groups is 1. The van der Waals surface area contributed by atoms with Crippen molar-refractivity contribution in [3.63, 3.8) is 0 Å². The van der Waals surface area contributed by atoms with Crippen molar-refractivity contribution in [1.82, 2.24) is 0 Å². The summed E-state index contributed by atoms with van der Waals surface area (Å²) in [5.74, 6) is 2.03. The number of rotatable bonds is 8. The van der Waals surface area contributed by atoms with Crippen LogP contribution in [0.15, 0.2) is 34.8 Å². The molecule has 5 nitrogen and oxygen atoms in total. The third-order valence-electron chi connectivity index (χ3n) is 7.07. The van der Waals surface area contributed by atoms with Crippen LogP contribution in [-0.2, 0) is 21.4 Å². The Hall–Kier alpha value is -2.53. The third kappa shape index (κ3) is 5.03. The number of benzene rings is 1. The van der Waals surface area contributed by atoms with Gasteiger partial charge in [-0.1, -0.05) is 52.8 Å². The second-order valence-electron chi connectivity index (χ2n) is 10.2. The van der Waals surface area contributed by atoms with Crippen LogP contribution in [0.2, 0.25) is 0 Å². The number of methoxy groups -OCH3 is 1. The Bertz CT molecular complexity index is 1000. The standard InChI is InChI=1S/C28H38O5/c1-8-28(9-2,25-16-20-15-19(26(30)31-7)10-12-23(20)33-25)21-11-13-22(18(3)14-21)32-17-24(29)27(4,5)6/h10-14,16,19,24,29H,8-9,15,17H2,1-7H3. The molecule has 2 atom stereocenters. The summed E-state index contributed by atoms with van der Waals surface area (Å²) in [7, 11) is 1.42. The molecule has 1 aliphatic carbocycles. The highest BCUT2D eigenvalue weighted by atomic mass is 16.5. The lowest BCUT2D eigenvalue weighted by atomic mass is 9.73. The molecule has 1 aromatic carbocycles. The van der Waals surface area contributed by atoms with Crippen molar-refractivity contribution in [3.8, 4) is 5.75 Å². The van der Waals surface area contributed by atoms with Crippen LogP contribution < -0.4 is 4.74 Å². The Morgan fingerprint density at radius 2 is 1.91 bits per heavy atom. The van der Waals surface area contributed by atoms with Crippen LogP contribution in [0.5, 0.6) is 5.75 Å². The van der Waals surface area contributed by atoms with Gasteiger partial charge in [0.2, 0.25) is 0 Å². The number of hydrogen-bond acceptors (Lipinski definition) is 5. The van der Waals surface area contributed by atoms with Gasteiger partial charge >= 0.3 is 5.97 Å². The van der Waals surface area contributed by atoms with Gasteiger partial charge in [-0.05, 0) is 66.5 Å². The van der Waals surface area contributed by atoms with Gasteiger partial charge in [0.05, 0.1) is 24.5 Å².